The van der Waals surface area contributed by atoms with Crippen molar-refractivity contribution in [3.05, 3.63) is 53.6 Å². The molecule has 6 nitrogen and oxygen atoms in total. The molecule has 148 valence electrons. The van der Waals surface area contributed by atoms with Crippen molar-refractivity contribution in [3.63, 3.8) is 0 Å². The molecule has 0 radical (unpaired) electrons. The first-order valence-corrected chi connectivity index (χ1v) is 9.59. The van der Waals surface area contributed by atoms with Crippen LogP contribution in [0.2, 0.25) is 0 Å². The van der Waals surface area contributed by atoms with Crippen LogP contribution < -0.4 is 14.8 Å². The molecule has 3 rings (SSSR count). The number of benzene rings is 2. The number of methoxy groups -OCH3 is 2. The van der Waals surface area contributed by atoms with E-state index in [1.54, 1.807) is 29.2 Å². The molecule has 0 atom stereocenters. The van der Waals surface area contributed by atoms with E-state index in [0.29, 0.717) is 53.5 Å². The van der Waals surface area contributed by atoms with E-state index in [-0.39, 0.29) is 17.9 Å². The van der Waals surface area contributed by atoms with E-state index in [1.807, 2.05) is 18.2 Å². The highest BCUT2D eigenvalue weighted by molar-refractivity contribution is 7.80. The number of carbonyl (C=O) groups excluding carboxylic acids is 2. The summed E-state index contributed by atoms with van der Waals surface area (Å²) in [5, 5.41) is 3.04. The number of carbonyl (C=O) groups is 2. The molecule has 0 bridgehead atoms. The predicted octanol–water partition coefficient (Wildman–Crippen LogP) is 3.03. The van der Waals surface area contributed by atoms with E-state index in [4.69, 9.17) is 9.47 Å². The van der Waals surface area contributed by atoms with Crippen molar-refractivity contribution >= 4 is 24.4 Å². The van der Waals surface area contributed by atoms with Gasteiger partial charge in [-0.3, -0.25) is 9.59 Å². The lowest BCUT2D eigenvalue weighted by Crippen LogP contribution is -2.46. The zero-order chi connectivity index (χ0) is 20.1. The predicted molar refractivity (Wildman–Crippen MR) is 110 cm³/mol. The van der Waals surface area contributed by atoms with Crippen LogP contribution in [0.5, 0.6) is 11.5 Å². The fraction of sp³-hybridized carbons (Fsp3) is 0.333. The first kappa shape index (κ1) is 20.1. The minimum absolute atomic E-state index is 0.0163. The van der Waals surface area contributed by atoms with Gasteiger partial charge in [-0.15, -0.1) is 12.6 Å². The maximum atomic E-state index is 12.8. The third kappa shape index (κ3) is 4.25. The normalized spacial score (nSPS) is 14.5. The van der Waals surface area contributed by atoms with Gasteiger partial charge in [0.25, 0.3) is 11.8 Å². The molecule has 2 aromatic rings. The molecule has 1 N–H and O–H groups in total. The summed E-state index contributed by atoms with van der Waals surface area (Å²) in [5.74, 6) is 0.672. The SMILES string of the molecule is COc1cccc(OC)c1C(=O)NC1CCN(C(=O)c2ccccc2S)CC1. The maximum absolute atomic E-state index is 12.8. The van der Waals surface area contributed by atoms with Crippen LogP contribution in [0.3, 0.4) is 0 Å². The largest absolute Gasteiger partial charge is 0.496 e. The van der Waals surface area contributed by atoms with Crippen LogP contribution in [0, 0.1) is 0 Å². The van der Waals surface area contributed by atoms with Gasteiger partial charge in [0.15, 0.2) is 0 Å². The van der Waals surface area contributed by atoms with Crippen LogP contribution in [-0.2, 0) is 0 Å². The van der Waals surface area contributed by atoms with Gasteiger partial charge in [0.2, 0.25) is 0 Å². The van der Waals surface area contributed by atoms with Gasteiger partial charge in [0, 0.05) is 24.0 Å². The summed E-state index contributed by atoms with van der Waals surface area (Å²) in [7, 11) is 3.05. The number of thiol groups is 1. The Hall–Kier alpha value is -2.67. The first-order valence-electron chi connectivity index (χ1n) is 9.14. The molecule has 0 unspecified atom stereocenters. The molecule has 0 aliphatic carbocycles. The Balaban J connectivity index is 1.63. The molecule has 1 aliphatic rings. The van der Waals surface area contributed by atoms with Crippen LogP contribution in [0.4, 0.5) is 0 Å². The smallest absolute Gasteiger partial charge is 0.259 e. The third-order valence-electron chi connectivity index (χ3n) is 4.91. The maximum Gasteiger partial charge on any atom is 0.259 e. The highest BCUT2D eigenvalue weighted by Gasteiger charge is 2.27. The van der Waals surface area contributed by atoms with Crippen molar-refractivity contribution in [1.29, 1.82) is 0 Å². The Morgan fingerprint density at radius 3 is 2.18 bits per heavy atom. The second-order valence-electron chi connectivity index (χ2n) is 6.59. The van der Waals surface area contributed by atoms with Gasteiger partial charge < -0.3 is 19.7 Å². The van der Waals surface area contributed by atoms with Crippen LogP contribution in [0.1, 0.15) is 33.6 Å². The van der Waals surface area contributed by atoms with Gasteiger partial charge in [0.05, 0.1) is 19.8 Å². The van der Waals surface area contributed by atoms with Gasteiger partial charge in [-0.25, -0.2) is 0 Å². The van der Waals surface area contributed by atoms with Gasteiger partial charge >= 0.3 is 0 Å². The van der Waals surface area contributed by atoms with E-state index in [1.165, 1.54) is 14.2 Å². The molecular formula is C21H24N2O4S. The number of likely N-dealkylation sites (tertiary alicyclic amines) is 1. The minimum Gasteiger partial charge on any atom is -0.496 e. The van der Waals surface area contributed by atoms with Gasteiger partial charge in [-0.1, -0.05) is 18.2 Å². The lowest BCUT2D eigenvalue weighted by atomic mass is 10.0. The van der Waals surface area contributed by atoms with Crippen molar-refractivity contribution < 1.29 is 19.1 Å². The second kappa shape index (κ2) is 9.01. The number of hydrogen-bond acceptors (Lipinski definition) is 5. The second-order valence-corrected chi connectivity index (χ2v) is 7.08. The van der Waals surface area contributed by atoms with E-state index >= 15 is 0 Å². The average molecular weight is 401 g/mol. The molecule has 0 spiro atoms. The van der Waals surface area contributed by atoms with Crippen LogP contribution in [0.25, 0.3) is 0 Å². The van der Waals surface area contributed by atoms with E-state index < -0.39 is 0 Å². The van der Waals surface area contributed by atoms with Crippen molar-refractivity contribution in [2.24, 2.45) is 0 Å². The Morgan fingerprint density at radius 2 is 1.61 bits per heavy atom. The lowest BCUT2D eigenvalue weighted by Gasteiger charge is -2.32. The monoisotopic (exact) mass is 400 g/mol. The average Bonchev–Trinajstić information content (AvgIpc) is 2.73. The molecule has 2 amide bonds. The van der Waals surface area contributed by atoms with Gasteiger partial charge in [-0.2, -0.15) is 0 Å². The number of rotatable bonds is 5. The topological polar surface area (TPSA) is 67.9 Å². The van der Waals surface area contributed by atoms with Gasteiger partial charge in [0.1, 0.15) is 17.1 Å². The fourth-order valence-electron chi connectivity index (χ4n) is 3.38. The lowest BCUT2D eigenvalue weighted by molar-refractivity contribution is 0.0694. The van der Waals surface area contributed by atoms with Gasteiger partial charge in [-0.05, 0) is 37.1 Å². The van der Waals surface area contributed by atoms with E-state index in [9.17, 15) is 9.59 Å². The highest BCUT2D eigenvalue weighted by atomic mass is 32.1. The minimum atomic E-state index is -0.236. The molecule has 1 fully saturated rings. The zero-order valence-corrected chi connectivity index (χ0v) is 16.9. The molecule has 2 aromatic carbocycles. The standard InChI is InChI=1S/C21H24N2O4S/c1-26-16-7-5-8-17(27-2)19(16)20(24)22-14-10-12-23(13-11-14)21(25)15-6-3-4-9-18(15)28/h3-9,14,28H,10-13H2,1-2H3,(H,22,24). The third-order valence-corrected chi connectivity index (χ3v) is 5.30. The summed E-state index contributed by atoms with van der Waals surface area (Å²) >= 11 is 4.37. The van der Waals surface area contributed by atoms with Crippen molar-refractivity contribution in [2.75, 3.05) is 27.3 Å². The first-order chi connectivity index (χ1) is 13.5. The van der Waals surface area contributed by atoms with Crippen molar-refractivity contribution in [1.82, 2.24) is 10.2 Å². The summed E-state index contributed by atoms with van der Waals surface area (Å²) in [5.41, 5.74) is 0.988. The Labute approximate surface area is 170 Å². The molecular weight excluding hydrogens is 376 g/mol. The number of piperidine rings is 1. The molecule has 7 heteroatoms. The molecule has 0 saturated carbocycles. The summed E-state index contributed by atoms with van der Waals surface area (Å²) in [6, 6.07) is 12.5. The van der Waals surface area contributed by atoms with Crippen molar-refractivity contribution in [2.45, 2.75) is 23.8 Å². The number of nitrogens with one attached hydrogen (secondary N) is 1. The zero-order valence-electron chi connectivity index (χ0n) is 16.0. The molecule has 1 aliphatic heterocycles. The molecule has 1 heterocycles. The summed E-state index contributed by atoms with van der Waals surface area (Å²) < 4.78 is 10.6. The van der Waals surface area contributed by atoms with Crippen molar-refractivity contribution in [3.8, 4) is 11.5 Å². The quantitative estimate of drug-likeness (QED) is 0.757. The molecule has 28 heavy (non-hydrogen) atoms. The number of nitrogens with zero attached hydrogens (tertiary/aromatic N) is 1. The highest BCUT2D eigenvalue weighted by Crippen LogP contribution is 2.28. The Kier molecular flexibility index (Phi) is 6.46. The van der Waals surface area contributed by atoms with Crippen LogP contribution in [0.15, 0.2) is 47.4 Å². The summed E-state index contributed by atoms with van der Waals surface area (Å²) in [6.45, 7) is 1.16. The van der Waals surface area contributed by atoms with Crippen LogP contribution >= 0.6 is 12.6 Å². The number of ether oxygens (including phenoxy) is 2. The van der Waals surface area contributed by atoms with E-state index in [2.05, 4.69) is 17.9 Å². The summed E-state index contributed by atoms with van der Waals surface area (Å²) in [6.07, 6.45) is 1.37. The Morgan fingerprint density at radius 1 is 1.00 bits per heavy atom. The summed E-state index contributed by atoms with van der Waals surface area (Å²) in [4.78, 5) is 28.0. The van der Waals surface area contributed by atoms with Crippen LogP contribution in [-0.4, -0.2) is 50.1 Å². The molecule has 0 aromatic heterocycles. The number of amides is 2. The Bertz CT molecular complexity index is 841. The van der Waals surface area contributed by atoms with E-state index in [0.717, 1.165) is 0 Å². The number of hydrogen-bond donors (Lipinski definition) is 2. The molecule has 1 saturated heterocycles. The fourth-order valence-corrected chi connectivity index (χ4v) is 3.64.